The van der Waals surface area contributed by atoms with Crippen LogP contribution in [-0.2, 0) is 42.7 Å². The van der Waals surface area contributed by atoms with Gasteiger partial charge in [0.2, 0.25) is 0 Å². The molecule has 0 aromatic rings. The summed E-state index contributed by atoms with van der Waals surface area (Å²) < 4.78 is 47.6. The van der Waals surface area contributed by atoms with E-state index in [0.29, 0.717) is 25.9 Å². The van der Waals surface area contributed by atoms with Crippen LogP contribution in [0.25, 0.3) is 0 Å². The number of rotatable bonds is 3. The molecule has 5 heterocycles. The minimum Gasteiger partial charge on any atom is -0.463 e. The van der Waals surface area contributed by atoms with Gasteiger partial charge in [0.1, 0.15) is 42.7 Å². The van der Waals surface area contributed by atoms with Crippen molar-refractivity contribution in [1.82, 2.24) is 0 Å². The standard InChI is InChI=1S/C25H40O13/c1-3-4-7-13-11(2)34-24-18(29)16(27)17(28)23(38-24)33-10-14-15(26)20-21(25(35-13)36-14)31-8-5-6-12-9-32-22(30)19(12)37-20/h11-21,23-29H,3-10H2,1-2H3/t11-,12+,13-,14+,15+,16?,17+,18+,19-,20?,21?,23?,24-,25-/m1/s1. The maximum Gasteiger partial charge on any atom is 0.335 e. The van der Waals surface area contributed by atoms with Crippen molar-refractivity contribution in [2.75, 3.05) is 19.8 Å². The molecule has 13 nitrogen and oxygen atoms in total. The van der Waals surface area contributed by atoms with E-state index >= 15 is 0 Å². The Morgan fingerprint density at radius 3 is 2.39 bits per heavy atom. The highest BCUT2D eigenvalue weighted by atomic mass is 16.8. The average Bonchev–Trinajstić information content (AvgIpc) is 3.28. The molecule has 5 aliphatic rings. The van der Waals surface area contributed by atoms with Crippen LogP contribution >= 0.6 is 0 Å². The van der Waals surface area contributed by atoms with Gasteiger partial charge in [-0.25, -0.2) is 4.79 Å². The summed E-state index contributed by atoms with van der Waals surface area (Å²) in [6.07, 6.45) is -10.9. The molecule has 0 aromatic carbocycles. The maximum atomic E-state index is 12.5. The van der Waals surface area contributed by atoms with Crippen LogP contribution in [0, 0.1) is 5.92 Å². The molecule has 13 heteroatoms. The molecule has 0 aliphatic carbocycles. The summed E-state index contributed by atoms with van der Waals surface area (Å²) in [5, 5.41) is 42.7. The van der Waals surface area contributed by atoms with Gasteiger partial charge < -0.3 is 58.3 Å². The number of carbonyl (C=O) groups is 1. The van der Waals surface area contributed by atoms with Crippen molar-refractivity contribution in [3.63, 3.8) is 0 Å². The van der Waals surface area contributed by atoms with Crippen molar-refractivity contribution in [1.29, 1.82) is 0 Å². The number of carbonyl (C=O) groups excluding carboxylic acids is 1. The molecule has 5 fully saturated rings. The highest BCUT2D eigenvalue weighted by molar-refractivity contribution is 5.77. The van der Waals surface area contributed by atoms with Gasteiger partial charge in [-0.15, -0.1) is 0 Å². The summed E-state index contributed by atoms with van der Waals surface area (Å²) in [7, 11) is 0. The Balaban J connectivity index is 1.46. The second-order valence-corrected chi connectivity index (χ2v) is 10.8. The molecule has 0 saturated carbocycles. The molecule has 0 aromatic heterocycles. The van der Waals surface area contributed by atoms with Gasteiger partial charge in [-0.3, -0.25) is 0 Å². The number of unbranched alkanes of at least 4 members (excludes halogenated alkanes) is 1. The predicted molar refractivity (Wildman–Crippen MR) is 124 cm³/mol. The summed E-state index contributed by atoms with van der Waals surface area (Å²) in [6, 6.07) is 0. The van der Waals surface area contributed by atoms with Gasteiger partial charge in [-0.05, 0) is 26.2 Å². The Labute approximate surface area is 221 Å². The summed E-state index contributed by atoms with van der Waals surface area (Å²) in [5.74, 6) is -0.630. The van der Waals surface area contributed by atoms with E-state index in [2.05, 4.69) is 0 Å². The fourth-order valence-electron chi connectivity index (χ4n) is 5.70. The van der Waals surface area contributed by atoms with E-state index in [0.717, 1.165) is 12.8 Å². The molecule has 38 heavy (non-hydrogen) atoms. The number of cyclic esters (lactones) is 1. The first-order valence-corrected chi connectivity index (χ1v) is 13.7. The van der Waals surface area contributed by atoms with E-state index < -0.39 is 85.9 Å². The fraction of sp³-hybridized carbons (Fsp3) is 0.960. The zero-order valence-electron chi connectivity index (χ0n) is 21.7. The maximum absolute atomic E-state index is 12.5. The number of fused-ring (bicyclic) bond motifs is 7. The highest BCUT2D eigenvalue weighted by Gasteiger charge is 2.54. The molecular weight excluding hydrogens is 508 g/mol. The second-order valence-electron chi connectivity index (χ2n) is 10.8. The van der Waals surface area contributed by atoms with E-state index in [1.165, 1.54) is 0 Å². The van der Waals surface area contributed by atoms with Crippen LogP contribution in [0.4, 0.5) is 0 Å². The number of aliphatic hydroxyl groups is 4. The first kappa shape index (κ1) is 28.6. The molecule has 0 radical (unpaired) electrons. The van der Waals surface area contributed by atoms with E-state index in [1.807, 2.05) is 6.92 Å². The van der Waals surface area contributed by atoms with Gasteiger partial charge in [0.15, 0.2) is 25.0 Å². The van der Waals surface area contributed by atoms with Gasteiger partial charge >= 0.3 is 5.97 Å². The van der Waals surface area contributed by atoms with Gasteiger partial charge in [0.05, 0.1) is 25.4 Å². The lowest BCUT2D eigenvalue weighted by atomic mass is 9.96. The van der Waals surface area contributed by atoms with E-state index in [9.17, 15) is 25.2 Å². The Kier molecular flexibility index (Phi) is 9.22. The second kappa shape index (κ2) is 12.3. The highest BCUT2D eigenvalue weighted by Crippen LogP contribution is 2.36. The Morgan fingerprint density at radius 2 is 1.61 bits per heavy atom. The molecule has 14 atom stereocenters. The normalized spacial score (nSPS) is 50.2. The smallest absolute Gasteiger partial charge is 0.335 e. The van der Waals surface area contributed by atoms with Crippen LogP contribution in [0.15, 0.2) is 0 Å². The summed E-state index contributed by atoms with van der Waals surface area (Å²) in [5.41, 5.74) is 0. The molecule has 218 valence electrons. The zero-order valence-corrected chi connectivity index (χ0v) is 21.7. The molecule has 5 saturated heterocycles. The van der Waals surface area contributed by atoms with Gasteiger partial charge in [0.25, 0.3) is 0 Å². The number of esters is 1. The Hall–Kier alpha value is -0.970. The van der Waals surface area contributed by atoms with Crippen LogP contribution < -0.4 is 0 Å². The fourth-order valence-corrected chi connectivity index (χ4v) is 5.70. The van der Waals surface area contributed by atoms with Crippen LogP contribution in [-0.4, -0.2) is 126 Å². The minimum absolute atomic E-state index is 0.152. The summed E-state index contributed by atoms with van der Waals surface area (Å²) in [6.45, 7) is 4.11. The number of hydrogen-bond acceptors (Lipinski definition) is 13. The van der Waals surface area contributed by atoms with Gasteiger partial charge in [0, 0.05) is 12.5 Å². The molecule has 4 bridgehead atoms. The molecular formula is C25H40O13. The zero-order chi connectivity index (χ0) is 27.0. The van der Waals surface area contributed by atoms with Crippen molar-refractivity contribution in [3.8, 4) is 0 Å². The lowest BCUT2D eigenvalue weighted by Crippen LogP contribution is -2.64. The van der Waals surface area contributed by atoms with E-state index in [1.54, 1.807) is 6.92 Å². The number of aliphatic hydroxyl groups excluding tert-OH is 4. The summed E-state index contributed by atoms with van der Waals surface area (Å²) >= 11 is 0. The molecule has 0 amide bonds. The number of ether oxygens (including phenoxy) is 8. The Morgan fingerprint density at radius 1 is 0.816 bits per heavy atom. The third kappa shape index (κ3) is 5.75. The molecule has 4 N–H and O–H groups in total. The number of hydrogen-bond donors (Lipinski definition) is 4. The third-order valence-electron chi connectivity index (χ3n) is 8.03. The lowest BCUT2D eigenvalue weighted by molar-refractivity contribution is -0.387. The van der Waals surface area contributed by atoms with Crippen LogP contribution in [0.5, 0.6) is 0 Å². The van der Waals surface area contributed by atoms with Crippen molar-refractivity contribution in [2.24, 2.45) is 5.92 Å². The van der Waals surface area contributed by atoms with Crippen molar-refractivity contribution in [3.05, 3.63) is 0 Å². The van der Waals surface area contributed by atoms with E-state index in [-0.39, 0.29) is 19.1 Å². The predicted octanol–water partition coefficient (Wildman–Crippen LogP) is -1.05. The van der Waals surface area contributed by atoms with Crippen LogP contribution in [0.3, 0.4) is 0 Å². The Bertz CT molecular complexity index is 799. The SMILES string of the molecule is CCCC[C@H]1O[C@@H]2O[C@@H](COC3O[C@@H](O[C@@H]1C)[C@@H](O)C(O)[C@@H]3O)[C@H](O)C1O[C@H]3C(=O)OC[C@@H]3CCCOC12. The van der Waals surface area contributed by atoms with Crippen LogP contribution in [0.1, 0.15) is 46.0 Å². The van der Waals surface area contributed by atoms with Crippen molar-refractivity contribution < 1.29 is 63.1 Å². The third-order valence-corrected chi connectivity index (χ3v) is 8.03. The largest absolute Gasteiger partial charge is 0.463 e. The average molecular weight is 549 g/mol. The first-order chi connectivity index (χ1) is 18.3. The quantitative estimate of drug-likeness (QED) is 0.315. The van der Waals surface area contributed by atoms with Crippen molar-refractivity contribution in [2.45, 2.75) is 126 Å². The lowest BCUT2D eigenvalue weighted by Gasteiger charge is -2.47. The molecule has 5 aliphatic heterocycles. The van der Waals surface area contributed by atoms with E-state index in [4.69, 9.17) is 37.9 Å². The topological polar surface area (TPSA) is 172 Å². The van der Waals surface area contributed by atoms with Crippen molar-refractivity contribution >= 4 is 5.97 Å². The minimum atomic E-state index is -1.59. The molecule has 0 spiro atoms. The summed E-state index contributed by atoms with van der Waals surface area (Å²) in [4.78, 5) is 12.5. The van der Waals surface area contributed by atoms with Crippen LogP contribution in [0.2, 0.25) is 0 Å². The molecule has 4 unspecified atom stereocenters. The molecule has 5 rings (SSSR count). The monoisotopic (exact) mass is 548 g/mol. The van der Waals surface area contributed by atoms with Gasteiger partial charge in [-0.1, -0.05) is 19.8 Å². The van der Waals surface area contributed by atoms with Gasteiger partial charge in [-0.2, -0.15) is 0 Å². The first-order valence-electron chi connectivity index (χ1n) is 13.7.